The van der Waals surface area contributed by atoms with Crippen LogP contribution in [-0.2, 0) is 20.0 Å². The van der Waals surface area contributed by atoms with Crippen LogP contribution in [0.4, 0.5) is 8.78 Å². The predicted molar refractivity (Wildman–Crippen MR) is 105 cm³/mol. The van der Waals surface area contributed by atoms with Gasteiger partial charge in [-0.25, -0.2) is 21.6 Å². The number of sulfonamides is 2. The summed E-state index contributed by atoms with van der Waals surface area (Å²) in [6, 6.07) is 5.39. The molecular weight excluding hydrogens is 486 g/mol. The molecule has 2 heterocycles. The van der Waals surface area contributed by atoms with Gasteiger partial charge in [-0.1, -0.05) is 11.6 Å². The van der Waals surface area contributed by atoms with Crippen molar-refractivity contribution in [3.05, 3.63) is 40.9 Å². The first kappa shape index (κ1) is 22.9. The third kappa shape index (κ3) is 4.91. The Morgan fingerprint density at radius 1 is 1.13 bits per heavy atom. The number of nitrogens with zero attached hydrogens (tertiary/aromatic N) is 1. The van der Waals surface area contributed by atoms with Crippen molar-refractivity contribution in [3.8, 4) is 5.75 Å². The molecule has 1 aliphatic heterocycles. The quantitative estimate of drug-likeness (QED) is 0.626. The van der Waals surface area contributed by atoms with E-state index in [-0.39, 0.29) is 20.5 Å². The Morgan fingerprint density at radius 3 is 2.30 bits per heavy atom. The maximum atomic E-state index is 12.6. The topological polar surface area (TPSA) is 110 Å². The summed E-state index contributed by atoms with van der Waals surface area (Å²) in [7, 11) is -8.36. The molecule has 1 aromatic heterocycles. The van der Waals surface area contributed by atoms with Crippen LogP contribution in [0, 0.1) is 0 Å². The van der Waals surface area contributed by atoms with Gasteiger partial charge in [0.1, 0.15) is 9.96 Å². The van der Waals surface area contributed by atoms with Crippen LogP contribution in [0.25, 0.3) is 0 Å². The molecule has 0 bridgehead atoms. The summed E-state index contributed by atoms with van der Waals surface area (Å²) in [5, 5.41) is -0.334. The van der Waals surface area contributed by atoms with Crippen molar-refractivity contribution >= 4 is 48.9 Å². The Balaban J connectivity index is 1.80. The maximum Gasteiger partial charge on any atom is 0.387 e. The van der Waals surface area contributed by atoms with E-state index in [1.165, 1.54) is 4.31 Å². The normalized spacial score (nSPS) is 15.5. The molecule has 0 aliphatic carbocycles. The number of ether oxygens (including phenoxy) is 1. The Bertz CT molecular complexity index is 1140. The molecule has 14 heteroatoms. The summed E-state index contributed by atoms with van der Waals surface area (Å²) in [5.41, 5.74) is -0.141. The first-order chi connectivity index (χ1) is 14.0. The highest BCUT2D eigenvalue weighted by atomic mass is 35.5. The molecule has 2 aromatic rings. The van der Waals surface area contributed by atoms with E-state index in [0.29, 0.717) is 37.3 Å². The molecule has 3 rings (SSSR count). The van der Waals surface area contributed by atoms with Crippen LogP contribution < -0.4 is 9.46 Å². The van der Waals surface area contributed by atoms with Gasteiger partial charge in [0.05, 0.1) is 5.02 Å². The summed E-state index contributed by atoms with van der Waals surface area (Å²) in [6.07, 6.45) is 1.42. The van der Waals surface area contributed by atoms with Crippen LogP contribution >= 0.6 is 22.9 Å². The van der Waals surface area contributed by atoms with Gasteiger partial charge in [-0.3, -0.25) is 4.79 Å². The highest BCUT2D eigenvalue weighted by Crippen LogP contribution is 2.36. The van der Waals surface area contributed by atoms with Crippen molar-refractivity contribution in [2.45, 2.75) is 27.9 Å². The molecule has 0 unspecified atom stereocenters. The zero-order valence-electron chi connectivity index (χ0n) is 15.0. The Labute approximate surface area is 180 Å². The van der Waals surface area contributed by atoms with E-state index in [9.17, 15) is 30.4 Å². The fraction of sp³-hybridized carbons (Fsp3) is 0.312. The number of alkyl halides is 2. The first-order valence-corrected chi connectivity index (χ1v) is 12.5. The van der Waals surface area contributed by atoms with E-state index in [0.717, 1.165) is 30.3 Å². The van der Waals surface area contributed by atoms with Gasteiger partial charge in [-0.15, -0.1) is 11.3 Å². The minimum absolute atomic E-state index is 0.141. The van der Waals surface area contributed by atoms with Gasteiger partial charge in [0.15, 0.2) is 4.21 Å². The van der Waals surface area contributed by atoms with E-state index < -0.39 is 36.8 Å². The molecule has 0 radical (unpaired) electrons. The molecule has 164 valence electrons. The number of rotatable bonds is 7. The third-order valence-corrected chi connectivity index (χ3v) is 9.98. The van der Waals surface area contributed by atoms with E-state index in [2.05, 4.69) is 4.74 Å². The van der Waals surface area contributed by atoms with E-state index >= 15 is 0 Å². The summed E-state index contributed by atoms with van der Waals surface area (Å²) in [5.74, 6) is -1.26. The van der Waals surface area contributed by atoms with Gasteiger partial charge >= 0.3 is 6.61 Å². The van der Waals surface area contributed by atoms with Crippen LogP contribution in [-0.4, -0.2) is 46.7 Å². The van der Waals surface area contributed by atoms with Crippen molar-refractivity contribution in [1.29, 1.82) is 0 Å². The van der Waals surface area contributed by atoms with Crippen molar-refractivity contribution in [1.82, 2.24) is 9.03 Å². The van der Waals surface area contributed by atoms with E-state index in [1.54, 1.807) is 4.72 Å². The third-order valence-electron chi connectivity index (χ3n) is 4.10. The monoisotopic (exact) mass is 500 g/mol. The van der Waals surface area contributed by atoms with Gasteiger partial charge < -0.3 is 4.74 Å². The van der Waals surface area contributed by atoms with Gasteiger partial charge in [0.25, 0.3) is 26.0 Å². The fourth-order valence-corrected chi connectivity index (χ4v) is 7.90. The second kappa shape index (κ2) is 8.75. The molecule has 30 heavy (non-hydrogen) atoms. The molecule has 0 spiro atoms. The van der Waals surface area contributed by atoms with Gasteiger partial charge in [-0.05, 0) is 43.2 Å². The zero-order chi connectivity index (χ0) is 22.1. The van der Waals surface area contributed by atoms with Crippen molar-refractivity contribution in [2.75, 3.05) is 13.1 Å². The number of amides is 1. The van der Waals surface area contributed by atoms with Crippen molar-refractivity contribution in [2.24, 2.45) is 0 Å². The number of hydrogen-bond acceptors (Lipinski definition) is 7. The fourth-order valence-electron chi connectivity index (χ4n) is 2.71. The number of nitrogens with one attached hydrogen (secondary N) is 1. The summed E-state index contributed by atoms with van der Waals surface area (Å²) in [4.78, 5) is 12.2. The van der Waals surface area contributed by atoms with Crippen molar-refractivity contribution < 1.29 is 35.1 Å². The summed E-state index contributed by atoms with van der Waals surface area (Å²) < 4.78 is 81.1. The molecule has 1 fully saturated rings. The Kier molecular flexibility index (Phi) is 6.67. The minimum atomic E-state index is -4.48. The molecular formula is C16H15ClF2N2O6S3. The lowest BCUT2D eigenvalue weighted by molar-refractivity contribution is -0.0498. The SMILES string of the molecule is O=C(NS(=O)(=O)c1sc(S(=O)(=O)N2CCCC2)cc1Cl)c1ccc(OC(F)F)cc1. The molecule has 0 saturated carbocycles. The molecule has 1 N–H and O–H groups in total. The van der Waals surface area contributed by atoms with Crippen LogP contribution in [0.15, 0.2) is 38.8 Å². The molecule has 0 atom stereocenters. The number of benzene rings is 1. The lowest BCUT2D eigenvalue weighted by Crippen LogP contribution is -2.30. The average Bonchev–Trinajstić information content (AvgIpc) is 3.32. The van der Waals surface area contributed by atoms with Crippen molar-refractivity contribution in [3.63, 3.8) is 0 Å². The van der Waals surface area contributed by atoms with Crippen LogP contribution in [0.5, 0.6) is 5.75 Å². The van der Waals surface area contributed by atoms with Gasteiger partial charge in [0.2, 0.25) is 0 Å². The second-order valence-corrected chi connectivity index (χ2v) is 11.7. The maximum absolute atomic E-state index is 12.6. The zero-order valence-corrected chi connectivity index (χ0v) is 18.3. The van der Waals surface area contributed by atoms with Gasteiger partial charge in [-0.2, -0.15) is 13.1 Å². The highest BCUT2D eigenvalue weighted by Gasteiger charge is 2.33. The Morgan fingerprint density at radius 2 is 1.73 bits per heavy atom. The lowest BCUT2D eigenvalue weighted by atomic mass is 10.2. The summed E-state index contributed by atoms with van der Waals surface area (Å²) in [6.45, 7) is -2.37. The smallest absolute Gasteiger partial charge is 0.387 e. The van der Waals surface area contributed by atoms with E-state index in [1.807, 2.05) is 0 Å². The van der Waals surface area contributed by atoms with Gasteiger partial charge in [0, 0.05) is 18.7 Å². The molecule has 1 aromatic carbocycles. The highest BCUT2D eigenvalue weighted by molar-refractivity contribution is 7.94. The standard InChI is InChI=1S/C16H15ClF2N2O6S3/c17-12-9-13(30(25,26)21-7-1-2-8-21)28-15(12)29(23,24)20-14(22)10-3-5-11(6-4-10)27-16(18)19/h3-6,9,16H,1-2,7-8H2,(H,20,22). The largest absolute Gasteiger partial charge is 0.435 e. The average molecular weight is 501 g/mol. The first-order valence-electron chi connectivity index (χ1n) is 8.42. The molecule has 1 aliphatic rings. The lowest BCUT2D eigenvalue weighted by Gasteiger charge is -2.13. The molecule has 1 saturated heterocycles. The minimum Gasteiger partial charge on any atom is -0.435 e. The van der Waals surface area contributed by atoms with Crippen LogP contribution in [0.1, 0.15) is 23.2 Å². The Hall–Kier alpha value is -1.80. The molecule has 8 nitrogen and oxygen atoms in total. The van der Waals surface area contributed by atoms with Crippen LogP contribution in [0.3, 0.4) is 0 Å². The van der Waals surface area contributed by atoms with E-state index in [4.69, 9.17) is 11.6 Å². The number of carbonyl (C=O) groups excluding carboxylic acids is 1. The summed E-state index contributed by atoms with van der Waals surface area (Å²) >= 11 is 6.39. The molecule has 1 amide bonds. The number of thiophene rings is 1. The van der Waals surface area contributed by atoms with Crippen LogP contribution in [0.2, 0.25) is 5.02 Å². The second-order valence-electron chi connectivity index (χ2n) is 6.15. The predicted octanol–water partition coefficient (Wildman–Crippen LogP) is 2.91. The number of halogens is 3. The number of hydrogen-bond donors (Lipinski definition) is 1. The number of carbonyl (C=O) groups is 1.